The maximum absolute atomic E-state index is 12.6. The molecule has 0 fully saturated rings. The number of carbonyl (C=O) groups is 1. The topological polar surface area (TPSA) is 63.9 Å². The summed E-state index contributed by atoms with van der Waals surface area (Å²) in [6, 6.07) is 7.27. The smallest absolute Gasteiger partial charge is 0.256 e. The standard InChI is InChI=1S/C14H17N5O/c1-4-18(9-11(2)3)14(20)12-7-5-6-8-13(12)19-10-15-16-17-19/h5-8,10H,2,4,9H2,1,3H3. The number of rotatable bonds is 5. The molecule has 0 aliphatic rings. The molecule has 1 aromatic carbocycles. The average Bonchev–Trinajstić information content (AvgIpc) is 2.98. The van der Waals surface area contributed by atoms with Crippen molar-refractivity contribution in [3.05, 3.63) is 48.3 Å². The van der Waals surface area contributed by atoms with Crippen LogP contribution in [0.15, 0.2) is 42.7 Å². The minimum Gasteiger partial charge on any atom is -0.335 e. The molecule has 0 spiro atoms. The van der Waals surface area contributed by atoms with Gasteiger partial charge in [0.2, 0.25) is 0 Å². The van der Waals surface area contributed by atoms with Crippen LogP contribution < -0.4 is 0 Å². The Balaban J connectivity index is 2.37. The number of tetrazole rings is 1. The van der Waals surface area contributed by atoms with Crippen LogP contribution in [0.4, 0.5) is 0 Å². The Labute approximate surface area is 117 Å². The number of hydrogen-bond donors (Lipinski definition) is 0. The van der Waals surface area contributed by atoms with E-state index in [-0.39, 0.29) is 5.91 Å². The maximum atomic E-state index is 12.6. The normalized spacial score (nSPS) is 10.3. The van der Waals surface area contributed by atoms with Crippen molar-refractivity contribution >= 4 is 5.91 Å². The molecule has 0 radical (unpaired) electrons. The largest absolute Gasteiger partial charge is 0.335 e. The molecule has 0 saturated carbocycles. The Morgan fingerprint density at radius 2 is 2.15 bits per heavy atom. The van der Waals surface area contributed by atoms with Gasteiger partial charge in [0.15, 0.2) is 0 Å². The summed E-state index contributed by atoms with van der Waals surface area (Å²) in [7, 11) is 0. The van der Waals surface area contributed by atoms with Crippen molar-refractivity contribution in [3.8, 4) is 5.69 Å². The summed E-state index contributed by atoms with van der Waals surface area (Å²) in [6.45, 7) is 8.87. The molecule has 0 saturated heterocycles. The summed E-state index contributed by atoms with van der Waals surface area (Å²) < 4.78 is 1.49. The molecular weight excluding hydrogens is 254 g/mol. The Bertz CT molecular complexity index is 606. The first kappa shape index (κ1) is 13.9. The van der Waals surface area contributed by atoms with Gasteiger partial charge in [0, 0.05) is 13.1 Å². The SMILES string of the molecule is C=C(C)CN(CC)C(=O)c1ccccc1-n1cnnn1. The van der Waals surface area contributed by atoms with E-state index in [2.05, 4.69) is 22.1 Å². The predicted octanol–water partition coefficient (Wildman–Crippen LogP) is 1.70. The zero-order valence-electron chi connectivity index (χ0n) is 11.7. The third kappa shape index (κ3) is 2.90. The van der Waals surface area contributed by atoms with Crippen molar-refractivity contribution in [2.45, 2.75) is 13.8 Å². The summed E-state index contributed by atoms with van der Waals surface area (Å²) in [6.07, 6.45) is 1.47. The van der Waals surface area contributed by atoms with Gasteiger partial charge in [-0.25, -0.2) is 0 Å². The van der Waals surface area contributed by atoms with E-state index < -0.39 is 0 Å². The Morgan fingerprint density at radius 1 is 1.40 bits per heavy atom. The lowest BCUT2D eigenvalue weighted by molar-refractivity contribution is 0.0778. The highest BCUT2D eigenvalue weighted by molar-refractivity contribution is 5.97. The molecule has 1 heterocycles. The highest BCUT2D eigenvalue weighted by Crippen LogP contribution is 2.15. The first-order chi connectivity index (χ1) is 9.63. The number of para-hydroxylation sites is 1. The zero-order chi connectivity index (χ0) is 14.5. The number of hydrogen-bond acceptors (Lipinski definition) is 4. The third-order valence-electron chi connectivity index (χ3n) is 2.86. The van der Waals surface area contributed by atoms with Gasteiger partial charge in [0.25, 0.3) is 5.91 Å². The number of nitrogens with zero attached hydrogens (tertiary/aromatic N) is 5. The van der Waals surface area contributed by atoms with Gasteiger partial charge in [-0.05, 0) is 36.4 Å². The van der Waals surface area contributed by atoms with Crippen LogP contribution in [0.25, 0.3) is 5.69 Å². The van der Waals surface area contributed by atoms with E-state index in [1.165, 1.54) is 11.0 Å². The van der Waals surface area contributed by atoms with Crippen LogP contribution in [0, 0.1) is 0 Å². The lowest BCUT2D eigenvalue weighted by Crippen LogP contribution is -2.32. The average molecular weight is 271 g/mol. The molecule has 2 aromatic rings. The molecule has 0 atom stereocenters. The van der Waals surface area contributed by atoms with Gasteiger partial charge in [-0.2, -0.15) is 4.68 Å². The molecule has 0 N–H and O–H groups in total. The van der Waals surface area contributed by atoms with Gasteiger partial charge in [-0.3, -0.25) is 4.79 Å². The van der Waals surface area contributed by atoms with E-state index in [1.54, 1.807) is 11.0 Å². The Kier molecular flexibility index (Phi) is 4.24. The summed E-state index contributed by atoms with van der Waals surface area (Å²) >= 11 is 0. The molecule has 104 valence electrons. The van der Waals surface area contributed by atoms with E-state index in [0.29, 0.717) is 24.3 Å². The molecule has 0 unspecified atom stereocenters. The van der Waals surface area contributed by atoms with Crippen molar-refractivity contribution in [3.63, 3.8) is 0 Å². The van der Waals surface area contributed by atoms with Crippen LogP contribution in [-0.2, 0) is 0 Å². The van der Waals surface area contributed by atoms with Gasteiger partial charge in [-0.15, -0.1) is 5.10 Å². The molecule has 0 aliphatic carbocycles. The van der Waals surface area contributed by atoms with Gasteiger partial charge in [-0.1, -0.05) is 24.3 Å². The second-order valence-corrected chi connectivity index (χ2v) is 4.55. The van der Waals surface area contributed by atoms with E-state index in [1.807, 2.05) is 32.0 Å². The van der Waals surface area contributed by atoms with Crippen molar-refractivity contribution in [2.75, 3.05) is 13.1 Å². The fourth-order valence-electron chi connectivity index (χ4n) is 1.95. The fourth-order valence-corrected chi connectivity index (χ4v) is 1.95. The van der Waals surface area contributed by atoms with Gasteiger partial charge in [0.05, 0.1) is 11.3 Å². The van der Waals surface area contributed by atoms with Gasteiger partial charge >= 0.3 is 0 Å². The van der Waals surface area contributed by atoms with Gasteiger partial charge in [0.1, 0.15) is 6.33 Å². The van der Waals surface area contributed by atoms with Crippen LogP contribution in [0.5, 0.6) is 0 Å². The molecular formula is C14H17N5O. The monoisotopic (exact) mass is 271 g/mol. The number of carbonyl (C=O) groups excluding carboxylic acids is 1. The fraction of sp³-hybridized carbons (Fsp3) is 0.286. The first-order valence-electron chi connectivity index (χ1n) is 6.39. The molecule has 1 amide bonds. The Hall–Kier alpha value is -2.50. The number of aromatic nitrogens is 4. The second-order valence-electron chi connectivity index (χ2n) is 4.55. The van der Waals surface area contributed by atoms with Crippen molar-refractivity contribution in [2.24, 2.45) is 0 Å². The second kappa shape index (κ2) is 6.10. The molecule has 20 heavy (non-hydrogen) atoms. The highest BCUT2D eigenvalue weighted by atomic mass is 16.2. The van der Waals surface area contributed by atoms with E-state index >= 15 is 0 Å². The van der Waals surface area contributed by atoms with Crippen LogP contribution in [0.2, 0.25) is 0 Å². The summed E-state index contributed by atoms with van der Waals surface area (Å²) in [5.41, 5.74) is 2.19. The first-order valence-corrected chi connectivity index (χ1v) is 6.39. The third-order valence-corrected chi connectivity index (χ3v) is 2.86. The molecule has 1 aromatic heterocycles. The highest BCUT2D eigenvalue weighted by Gasteiger charge is 2.18. The maximum Gasteiger partial charge on any atom is 0.256 e. The summed E-state index contributed by atoms with van der Waals surface area (Å²) in [5, 5.41) is 11.1. The molecule has 6 heteroatoms. The summed E-state index contributed by atoms with van der Waals surface area (Å²) in [5.74, 6) is -0.0541. The lowest BCUT2D eigenvalue weighted by Gasteiger charge is -2.22. The van der Waals surface area contributed by atoms with Crippen molar-refractivity contribution in [1.29, 1.82) is 0 Å². The molecule has 0 bridgehead atoms. The predicted molar refractivity (Wildman–Crippen MR) is 75.5 cm³/mol. The number of amides is 1. The Morgan fingerprint density at radius 3 is 2.75 bits per heavy atom. The van der Waals surface area contributed by atoms with Crippen LogP contribution >= 0.6 is 0 Å². The minimum absolute atomic E-state index is 0.0541. The van der Waals surface area contributed by atoms with E-state index in [9.17, 15) is 4.79 Å². The zero-order valence-corrected chi connectivity index (χ0v) is 11.7. The minimum atomic E-state index is -0.0541. The number of likely N-dealkylation sites (N-methyl/N-ethyl adjacent to an activating group) is 1. The van der Waals surface area contributed by atoms with Gasteiger partial charge < -0.3 is 4.90 Å². The number of benzene rings is 1. The lowest BCUT2D eigenvalue weighted by atomic mass is 10.1. The molecule has 0 aliphatic heterocycles. The van der Waals surface area contributed by atoms with Crippen LogP contribution in [0.3, 0.4) is 0 Å². The van der Waals surface area contributed by atoms with Crippen LogP contribution in [0.1, 0.15) is 24.2 Å². The molecule has 6 nitrogen and oxygen atoms in total. The van der Waals surface area contributed by atoms with Crippen LogP contribution in [-0.4, -0.2) is 44.1 Å². The molecule has 2 rings (SSSR count). The van der Waals surface area contributed by atoms with Crippen molar-refractivity contribution in [1.82, 2.24) is 25.1 Å². The quantitative estimate of drug-likeness (QED) is 0.776. The van der Waals surface area contributed by atoms with E-state index in [0.717, 1.165) is 5.57 Å². The summed E-state index contributed by atoms with van der Waals surface area (Å²) in [4.78, 5) is 14.4. The van der Waals surface area contributed by atoms with Crippen molar-refractivity contribution < 1.29 is 4.79 Å². The van der Waals surface area contributed by atoms with E-state index in [4.69, 9.17) is 0 Å².